The Morgan fingerprint density at radius 1 is 0.769 bits per heavy atom. The van der Waals surface area contributed by atoms with Crippen molar-refractivity contribution >= 4 is 32.8 Å². The maximum Gasteiger partial charge on any atom is 0.451 e. The summed E-state index contributed by atoms with van der Waals surface area (Å²) >= 11 is 0. The lowest BCUT2D eigenvalue weighted by molar-refractivity contribution is -0.103. The number of nitrogens with zero attached hydrogens (tertiary/aromatic N) is 2. The topological polar surface area (TPSA) is 24.8 Å². The maximum absolute atomic E-state index is 7.27. The molecule has 0 amide bonds. The SMILES string of the molecule is C[Si](C)(C)/N=[P+](\OC12CC3CC(CC(C3)C1)C2)N([Si](C)(C)C)[Si](C)(C)C. The molecule has 0 aromatic heterocycles. The molecule has 26 heavy (non-hydrogen) atoms. The van der Waals surface area contributed by atoms with Crippen LogP contribution in [0.2, 0.25) is 58.9 Å². The zero-order valence-electron chi connectivity index (χ0n) is 18.7. The average Bonchev–Trinajstić information content (AvgIpc) is 2.29. The second-order valence-electron chi connectivity index (χ2n) is 12.4. The summed E-state index contributed by atoms with van der Waals surface area (Å²) in [4.78, 5) is 0. The molecule has 4 saturated carbocycles. The van der Waals surface area contributed by atoms with Crippen LogP contribution < -0.4 is 0 Å². The van der Waals surface area contributed by atoms with Gasteiger partial charge < -0.3 is 0 Å². The number of rotatable bonds is 6. The van der Waals surface area contributed by atoms with Crippen LogP contribution in [0, 0.1) is 17.8 Å². The summed E-state index contributed by atoms with van der Waals surface area (Å²) in [5, 5.41) is 0. The molecule has 0 saturated heterocycles. The van der Waals surface area contributed by atoms with Gasteiger partial charge in [-0.05, 0) is 75.9 Å². The van der Waals surface area contributed by atoms with E-state index in [2.05, 4.69) is 62.9 Å². The molecule has 0 N–H and O–H groups in total. The van der Waals surface area contributed by atoms with Crippen molar-refractivity contribution in [3.63, 3.8) is 0 Å². The van der Waals surface area contributed by atoms with Gasteiger partial charge in [0.1, 0.15) is 5.60 Å². The Labute approximate surface area is 166 Å². The lowest BCUT2D eigenvalue weighted by Gasteiger charge is -2.54. The number of hydrogen-bond acceptors (Lipinski definition) is 2. The summed E-state index contributed by atoms with van der Waals surface area (Å²) in [6.45, 7) is 22.2. The van der Waals surface area contributed by atoms with Gasteiger partial charge in [0.15, 0.2) is 16.5 Å². The zero-order chi connectivity index (χ0) is 19.5. The van der Waals surface area contributed by atoms with E-state index in [0.717, 1.165) is 17.8 Å². The van der Waals surface area contributed by atoms with Gasteiger partial charge in [0, 0.05) is 0 Å². The second kappa shape index (κ2) is 6.88. The first-order valence-corrected chi connectivity index (χ1v) is 22.2. The Morgan fingerprint density at radius 3 is 1.46 bits per heavy atom. The van der Waals surface area contributed by atoms with E-state index < -0.39 is 32.8 Å². The molecule has 0 heterocycles. The third-order valence-corrected chi connectivity index (χ3v) is 21.3. The normalized spacial score (nSPS) is 35.5. The summed E-state index contributed by atoms with van der Waals surface area (Å²) in [5.41, 5.74) is 0.168. The molecular formula is C19H42N2OPSi3+. The van der Waals surface area contributed by atoms with Gasteiger partial charge in [-0.15, -0.1) is 12.9 Å². The van der Waals surface area contributed by atoms with Crippen LogP contribution in [0.4, 0.5) is 0 Å². The molecule has 1 unspecified atom stereocenters. The van der Waals surface area contributed by atoms with E-state index >= 15 is 0 Å². The molecule has 4 aliphatic rings. The Balaban J connectivity index is 1.96. The Bertz CT molecular complexity index is 526. The number of hydrogen-bond donors (Lipinski definition) is 0. The van der Waals surface area contributed by atoms with Crippen molar-refractivity contribution < 1.29 is 4.52 Å². The summed E-state index contributed by atoms with van der Waals surface area (Å²) in [5.74, 6) is 2.83. The van der Waals surface area contributed by atoms with E-state index in [1.165, 1.54) is 38.5 Å². The van der Waals surface area contributed by atoms with E-state index in [1.54, 1.807) is 0 Å². The predicted octanol–water partition coefficient (Wildman–Crippen LogP) is 7.27. The molecule has 0 spiro atoms. The maximum atomic E-state index is 7.27. The van der Waals surface area contributed by atoms with Gasteiger partial charge in [0.2, 0.25) is 8.24 Å². The molecule has 4 rings (SSSR count). The van der Waals surface area contributed by atoms with Crippen LogP contribution in [0.1, 0.15) is 38.5 Å². The standard InChI is InChI=1S/C19H42N2OPSi3/c1-24(2,3)20-23(21(25(4,5)6)26(7,8)9)22-19-13-16-10-17(14-19)12-18(11-16)15-19/h16-18H,10-15H2,1-9H3/q+1. The average molecular weight is 430 g/mol. The van der Waals surface area contributed by atoms with Gasteiger partial charge in [0.25, 0.3) is 0 Å². The molecule has 150 valence electrons. The lowest BCUT2D eigenvalue weighted by atomic mass is 9.54. The van der Waals surface area contributed by atoms with Crippen LogP contribution in [-0.4, -0.2) is 34.3 Å². The first-order chi connectivity index (χ1) is 11.7. The van der Waals surface area contributed by atoms with E-state index in [0.29, 0.717) is 0 Å². The third-order valence-electron chi connectivity index (χ3n) is 6.08. The smallest absolute Gasteiger partial charge is 0.142 e. The van der Waals surface area contributed by atoms with Gasteiger partial charge >= 0.3 is 8.09 Å². The molecular weight excluding hydrogens is 387 g/mol. The fourth-order valence-corrected chi connectivity index (χ4v) is 22.6. The van der Waals surface area contributed by atoms with E-state index in [1.807, 2.05) is 0 Å². The van der Waals surface area contributed by atoms with Gasteiger partial charge in [0.05, 0.1) is 0 Å². The third kappa shape index (κ3) is 4.80. The van der Waals surface area contributed by atoms with E-state index in [9.17, 15) is 0 Å². The molecule has 0 aromatic carbocycles. The van der Waals surface area contributed by atoms with Crippen molar-refractivity contribution in [3.05, 3.63) is 0 Å². The van der Waals surface area contributed by atoms with Crippen molar-refractivity contribution in [2.24, 2.45) is 22.2 Å². The van der Waals surface area contributed by atoms with Crippen molar-refractivity contribution in [3.8, 4) is 0 Å². The molecule has 4 fully saturated rings. The Kier molecular flexibility index (Phi) is 5.65. The minimum Gasteiger partial charge on any atom is -0.142 e. The van der Waals surface area contributed by atoms with Crippen molar-refractivity contribution in [2.75, 3.05) is 0 Å². The summed E-state index contributed by atoms with van der Waals surface area (Å²) in [6, 6.07) is 0. The van der Waals surface area contributed by atoms with Crippen LogP contribution in [0.15, 0.2) is 4.41 Å². The second-order valence-corrected chi connectivity index (χ2v) is 29.4. The van der Waals surface area contributed by atoms with Crippen LogP contribution in [0.25, 0.3) is 0 Å². The van der Waals surface area contributed by atoms with Crippen LogP contribution in [0.3, 0.4) is 0 Å². The highest BCUT2D eigenvalue weighted by Crippen LogP contribution is 2.61. The van der Waals surface area contributed by atoms with Gasteiger partial charge in [-0.2, -0.15) is 0 Å². The Hall–Kier alpha value is 0.671. The van der Waals surface area contributed by atoms with E-state index in [-0.39, 0.29) is 5.60 Å². The van der Waals surface area contributed by atoms with Crippen molar-refractivity contribution in [2.45, 2.75) is 103 Å². The molecule has 1 atom stereocenters. The van der Waals surface area contributed by atoms with Crippen molar-refractivity contribution in [1.29, 1.82) is 0 Å². The van der Waals surface area contributed by atoms with Crippen molar-refractivity contribution in [1.82, 2.24) is 4.00 Å². The highest BCUT2D eigenvalue weighted by atomic mass is 31.1. The van der Waals surface area contributed by atoms with Crippen LogP contribution in [-0.2, 0) is 4.52 Å². The predicted molar refractivity (Wildman–Crippen MR) is 123 cm³/mol. The summed E-state index contributed by atoms with van der Waals surface area (Å²) < 4.78 is 15.6. The highest BCUT2D eigenvalue weighted by molar-refractivity contribution is 7.47. The minimum atomic E-state index is -1.54. The van der Waals surface area contributed by atoms with Gasteiger partial charge in [-0.1, -0.05) is 39.3 Å². The molecule has 0 radical (unpaired) electrons. The fourth-order valence-electron chi connectivity index (χ4n) is 6.20. The molecule has 0 aromatic rings. The molecule has 3 nitrogen and oxygen atoms in total. The lowest BCUT2D eigenvalue weighted by Crippen LogP contribution is -2.57. The molecule has 4 bridgehead atoms. The van der Waals surface area contributed by atoms with E-state index in [4.69, 9.17) is 8.93 Å². The fraction of sp³-hybridized carbons (Fsp3) is 1.00. The summed E-state index contributed by atoms with van der Waals surface area (Å²) in [6.07, 6.45) is 8.42. The zero-order valence-corrected chi connectivity index (χ0v) is 22.6. The molecule has 7 heteroatoms. The Morgan fingerprint density at radius 2 is 1.15 bits per heavy atom. The highest BCUT2D eigenvalue weighted by Gasteiger charge is 2.58. The first kappa shape index (κ1) is 21.4. The first-order valence-electron chi connectivity index (χ1n) is 10.7. The quantitative estimate of drug-likeness (QED) is 0.327. The van der Waals surface area contributed by atoms with Crippen LogP contribution >= 0.6 is 8.09 Å². The van der Waals surface area contributed by atoms with Gasteiger partial charge in [-0.25, -0.2) is 0 Å². The minimum absolute atomic E-state index is 0.168. The largest absolute Gasteiger partial charge is 0.451 e. The monoisotopic (exact) mass is 429 g/mol. The van der Waals surface area contributed by atoms with Gasteiger partial charge in [-0.3, -0.25) is 0 Å². The molecule has 0 aliphatic heterocycles. The summed E-state index contributed by atoms with van der Waals surface area (Å²) in [7, 11) is -5.33. The van der Waals surface area contributed by atoms with Crippen LogP contribution in [0.5, 0.6) is 0 Å². The molecule has 4 aliphatic carbocycles.